The molecule has 5 nitrogen and oxygen atoms in total. The number of para-hydroxylation sites is 1. The molecular formula is C21H18ClN3O2S. The first kappa shape index (κ1) is 17.5. The number of nitrogens with zero attached hydrogens (tertiary/aromatic N) is 3. The summed E-state index contributed by atoms with van der Waals surface area (Å²) in [6.45, 7) is 4.73. The summed E-state index contributed by atoms with van der Waals surface area (Å²) in [6, 6.07) is 13.5. The van der Waals surface area contributed by atoms with Crippen molar-refractivity contribution in [3.8, 4) is 0 Å². The van der Waals surface area contributed by atoms with Crippen molar-refractivity contribution < 1.29 is 9.21 Å². The number of anilines is 1. The van der Waals surface area contributed by atoms with E-state index >= 15 is 0 Å². The lowest BCUT2D eigenvalue weighted by Gasteiger charge is -2.34. The number of halogens is 1. The standard InChI is InChI=1S/C21H18ClN3O2S/c1-13-15-4-2-3-5-17(15)27-19(13)20(26)24-8-10-25(11-9-24)21-23-16-7-6-14(22)12-18(16)28-21/h2-7,12H,8-11H2,1H3. The van der Waals surface area contributed by atoms with E-state index in [4.69, 9.17) is 21.0 Å². The number of piperazine rings is 1. The summed E-state index contributed by atoms with van der Waals surface area (Å²) < 4.78 is 6.93. The van der Waals surface area contributed by atoms with Crippen molar-refractivity contribution in [3.63, 3.8) is 0 Å². The first-order valence-electron chi connectivity index (χ1n) is 9.18. The van der Waals surface area contributed by atoms with Crippen LogP contribution in [0.3, 0.4) is 0 Å². The van der Waals surface area contributed by atoms with Crippen LogP contribution in [0.25, 0.3) is 21.2 Å². The van der Waals surface area contributed by atoms with Crippen molar-refractivity contribution >= 4 is 55.2 Å². The molecule has 0 unspecified atom stereocenters. The predicted molar refractivity (Wildman–Crippen MR) is 114 cm³/mol. The van der Waals surface area contributed by atoms with Crippen molar-refractivity contribution in [1.29, 1.82) is 0 Å². The molecule has 28 heavy (non-hydrogen) atoms. The number of hydrogen-bond acceptors (Lipinski definition) is 5. The maximum Gasteiger partial charge on any atom is 0.290 e. The number of aromatic nitrogens is 1. The highest BCUT2D eigenvalue weighted by Gasteiger charge is 2.27. The lowest BCUT2D eigenvalue weighted by atomic mass is 10.1. The normalized spacial score (nSPS) is 14.9. The van der Waals surface area contributed by atoms with E-state index in [1.807, 2.05) is 54.3 Å². The predicted octanol–water partition coefficient (Wildman–Crippen LogP) is 4.97. The molecular weight excluding hydrogens is 394 g/mol. The zero-order valence-electron chi connectivity index (χ0n) is 15.3. The van der Waals surface area contributed by atoms with Gasteiger partial charge in [-0.15, -0.1) is 0 Å². The van der Waals surface area contributed by atoms with Gasteiger partial charge in [0, 0.05) is 42.2 Å². The second kappa shape index (κ2) is 6.79. The molecule has 3 heterocycles. The third-order valence-corrected chi connectivity index (χ3v) is 6.53. The van der Waals surface area contributed by atoms with Gasteiger partial charge in [0.15, 0.2) is 10.9 Å². The van der Waals surface area contributed by atoms with Crippen LogP contribution < -0.4 is 4.90 Å². The van der Waals surface area contributed by atoms with Gasteiger partial charge in [-0.1, -0.05) is 41.1 Å². The molecule has 142 valence electrons. The molecule has 0 atom stereocenters. The first-order chi connectivity index (χ1) is 13.6. The molecule has 0 bridgehead atoms. The number of carbonyl (C=O) groups excluding carboxylic acids is 1. The minimum absolute atomic E-state index is 0.0376. The third-order valence-electron chi connectivity index (χ3n) is 5.21. The number of hydrogen-bond donors (Lipinski definition) is 0. The number of benzene rings is 2. The maximum atomic E-state index is 13.0. The van der Waals surface area contributed by atoms with Crippen LogP contribution in [0, 0.1) is 6.92 Å². The Balaban J connectivity index is 1.33. The monoisotopic (exact) mass is 411 g/mol. The fourth-order valence-electron chi connectivity index (χ4n) is 3.64. The third kappa shape index (κ3) is 2.93. The summed E-state index contributed by atoms with van der Waals surface area (Å²) in [7, 11) is 0. The van der Waals surface area contributed by atoms with Crippen molar-refractivity contribution in [2.24, 2.45) is 0 Å². The lowest BCUT2D eigenvalue weighted by Crippen LogP contribution is -2.48. The van der Waals surface area contributed by atoms with Crippen molar-refractivity contribution in [3.05, 3.63) is 58.8 Å². The highest BCUT2D eigenvalue weighted by Crippen LogP contribution is 2.32. The second-order valence-electron chi connectivity index (χ2n) is 6.94. The number of carbonyl (C=O) groups is 1. The molecule has 1 aliphatic heterocycles. The van der Waals surface area contributed by atoms with Gasteiger partial charge in [0.25, 0.3) is 5.91 Å². The zero-order chi connectivity index (χ0) is 19.3. The minimum atomic E-state index is -0.0376. The molecule has 1 saturated heterocycles. The molecule has 1 fully saturated rings. The molecule has 5 rings (SSSR count). The van der Waals surface area contributed by atoms with Gasteiger partial charge in [0.2, 0.25) is 0 Å². The van der Waals surface area contributed by atoms with Crippen molar-refractivity contribution in [2.45, 2.75) is 6.92 Å². The van der Waals surface area contributed by atoms with Crippen LogP contribution in [-0.4, -0.2) is 42.0 Å². The molecule has 0 N–H and O–H groups in total. The molecule has 0 spiro atoms. The van der Waals surface area contributed by atoms with Crippen LogP contribution in [0.2, 0.25) is 5.02 Å². The average Bonchev–Trinajstić information content (AvgIpc) is 3.29. The highest BCUT2D eigenvalue weighted by molar-refractivity contribution is 7.22. The Bertz CT molecular complexity index is 1190. The molecule has 0 radical (unpaired) electrons. The van der Waals surface area contributed by atoms with E-state index in [1.165, 1.54) is 0 Å². The number of furan rings is 1. The van der Waals surface area contributed by atoms with Crippen LogP contribution in [0.5, 0.6) is 0 Å². The summed E-state index contributed by atoms with van der Waals surface area (Å²) in [4.78, 5) is 21.8. The van der Waals surface area contributed by atoms with E-state index in [9.17, 15) is 4.79 Å². The van der Waals surface area contributed by atoms with Crippen molar-refractivity contribution in [2.75, 3.05) is 31.1 Å². The fraction of sp³-hybridized carbons (Fsp3) is 0.238. The topological polar surface area (TPSA) is 49.6 Å². The summed E-state index contributed by atoms with van der Waals surface area (Å²) in [5.41, 5.74) is 2.63. The van der Waals surface area contributed by atoms with E-state index in [0.717, 1.165) is 50.0 Å². The first-order valence-corrected chi connectivity index (χ1v) is 10.4. The van der Waals surface area contributed by atoms with E-state index in [0.29, 0.717) is 18.8 Å². The molecule has 7 heteroatoms. The number of rotatable bonds is 2. The largest absolute Gasteiger partial charge is 0.451 e. The SMILES string of the molecule is Cc1c(C(=O)N2CCN(c3nc4ccc(Cl)cc4s3)CC2)oc2ccccc12. The van der Waals surface area contributed by atoms with Gasteiger partial charge in [-0.25, -0.2) is 4.98 Å². The van der Waals surface area contributed by atoms with Gasteiger partial charge >= 0.3 is 0 Å². The Hall–Kier alpha value is -2.57. The van der Waals surface area contributed by atoms with Gasteiger partial charge in [-0.2, -0.15) is 0 Å². The van der Waals surface area contributed by atoms with Crippen LogP contribution in [0.15, 0.2) is 46.9 Å². The quantitative estimate of drug-likeness (QED) is 0.467. The van der Waals surface area contributed by atoms with E-state index in [-0.39, 0.29) is 5.91 Å². The summed E-state index contributed by atoms with van der Waals surface area (Å²) in [6.07, 6.45) is 0. The summed E-state index contributed by atoms with van der Waals surface area (Å²) in [5.74, 6) is 0.411. The smallest absolute Gasteiger partial charge is 0.290 e. The van der Waals surface area contributed by atoms with Gasteiger partial charge in [-0.05, 0) is 31.2 Å². The number of amides is 1. The Morgan fingerprint density at radius 3 is 2.71 bits per heavy atom. The number of thiazole rings is 1. The van der Waals surface area contributed by atoms with Crippen molar-refractivity contribution in [1.82, 2.24) is 9.88 Å². The zero-order valence-corrected chi connectivity index (χ0v) is 16.9. The van der Waals surface area contributed by atoms with Crippen LogP contribution in [0.1, 0.15) is 16.1 Å². The highest BCUT2D eigenvalue weighted by atomic mass is 35.5. The van der Waals surface area contributed by atoms with Crippen LogP contribution in [-0.2, 0) is 0 Å². The second-order valence-corrected chi connectivity index (χ2v) is 8.39. The van der Waals surface area contributed by atoms with Gasteiger partial charge in [0.1, 0.15) is 5.58 Å². The van der Waals surface area contributed by atoms with Gasteiger partial charge < -0.3 is 14.2 Å². The van der Waals surface area contributed by atoms with E-state index in [2.05, 4.69) is 4.90 Å². The molecule has 0 saturated carbocycles. The molecule has 4 aromatic rings. The molecule has 2 aromatic heterocycles. The minimum Gasteiger partial charge on any atom is -0.451 e. The Kier molecular flexibility index (Phi) is 4.25. The molecule has 1 aliphatic rings. The average molecular weight is 412 g/mol. The molecule has 0 aliphatic carbocycles. The summed E-state index contributed by atoms with van der Waals surface area (Å²) >= 11 is 7.72. The maximum absolute atomic E-state index is 13.0. The van der Waals surface area contributed by atoms with Crippen LogP contribution >= 0.6 is 22.9 Å². The van der Waals surface area contributed by atoms with Gasteiger partial charge in [-0.3, -0.25) is 4.79 Å². The Labute approximate surface area is 171 Å². The van der Waals surface area contributed by atoms with Gasteiger partial charge in [0.05, 0.1) is 10.2 Å². The lowest BCUT2D eigenvalue weighted by molar-refractivity contribution is 0.0716. The Morgan fingerprint density at radius 1 is 1.14 bits per heavy atom. The molecule has 1 amide bonds. The number of aryl methyl sites for hydroxylation is 1. The van der Waals surface area contributed by atoms with E-state index in [1.54, 1.807) is 11.3 Å². The molecule has 2 aromatic carbocycles. The van der Waals surface area contributed by atoms with Crippen LogP contribution in [0.4, 0.5) is 5.13 Å². The number of fused-ring (bicyclic) bond motifs is 2. The fourth-order valence-corrected chi connectivity index (χ4v) is 4.94. The summed E-state index contributed by atoms with van der Waals surface area (Å²) in [5, 5.41) is 2.70. The Morgan fingerprint density at radius 2 is 1.93 bits per heavy atom. The van der Waals surface area contributed by atoms with E-state index < -0.39 is 0 Å².